The van der Waals surface area contributed by atoms with Gasteiger partial charge in [-0.25, -0.2) is 9.37 Å². The van der Waals surface area contributed by atoms with Crippen LogP contribution in [0.25, 0.3) is 0 Å². The fourth-order valence-electron chi connectivity index (χ4n) is 2.24. The molecular formula is C18H16ClFN4O. The number of anilines is 4. The minimum Gasteiger partial charge on any atom is -0.495 e. The van der Waals surface area contributed by atoms with E-state index in [-0.39, 0.29) is 11.8 Å². The van der Waals surface area contributed by atoms with Gasteiger partial charge in [0, 0.05) is 17.3 Å². The number of methoxy groups -OCH3 is 1. The average Bonchev–Trinajstić information content (AvgIpc) is 2.60. The maximum Gasteiger partial charge on any atom is 0.229 e. The molecule has 1 heterocycles. The molecule has 2 N–H and O–H groups in total. The van der Waals surface area contributed by atoms with Gasteiger partial charge in [-0.05, 0) is 36.8 Å². The molecule has 128 valence electrons. The van der Waals surface area contributed by atoms with Crippen molar-refractivity contribution in [2.45, 2.75) is 6.92 Å². The van der Waals surface area contributed by atoms with Gasteiger partial charge in [0.2, 0.25) is 5.95 Å². The van der Waals surface area contributed by atoms with Crippen molar-refractivity contribution in [3.8, 4) is 5.75 Å². The summed E-state index contributed by atoms with van der Waals surface area (Å²) in [4.78, 5) is 8.45. The predicted octanol–water partition coefficient (Wildman–Crippen LogP) is 5.07. The largest absolute Gasteiger partial charge is 0.495 e. The second-order valence-corrected chi connectivity index (χ2v) is 5.70. The van der Waals surface area contributed by atoms with Crippen LogP contribution in [0.1, 0.15) is 5.56 Å². The number of aryl methyl sites for hydroxylation is 1. The number of para-hydroxylation sites is 1. The first kappa shape index (κ1) is 17.0. The van der Waals surface area contributed by atoms with Gasteiger partial charge in [0.15, 0.2) is 0 Å². The normalized spacial score (nSPS) is 10.4. The standard InChI is InChI=1S/C18H16ClFN4O/c1-11-9-15(16(25-2)10-12(11)19)22-17-7-8-21-18(24-17)23-14-6-4-3-5-13(14)20/h3-10H,1-2H3,(H2,21,22,23,24). The summed E-state index contributed by atoms with van der Waals surface area (Å²) in [5, 5.41) is 6.64. The Balaban J connectivity index is 1.85. The molecule has 0 saturated carbocycles. The number of ether oxygens (including phenoxy) is 1. The summed E-state index contributed by atoms with van der Waals surface area (Å²) in [5.74, 6) is 1.03. The summed E-state index contributed by atoms with van der Waals surface area (Å²) >= 11 is 6.12. The Kier molecular flexibility index (Phi) is 5.00. The van der Waals surface area contributed by atoms with Crippen LogP contribution in [0.4, 0.5) is 27.5 Å². The number of halogens is 2. The first-order valence-corrected chi connectivity index (χ1v) is 7.90. The molecule has 0 unspecified atom stereocenters. The van der Waals surface area contributed by atoms with Crippen molar-refractivity contribution in [1.29, 1.82) is 0 Å². The highest BCUT2D eigenvalue weighted by molar-refractivity contribution is 6.31. The zero-order chi connectivity index (χ0) is 17.8. The molecule has 3 aromatic rings. The molecule has 0 radical (unpaired) electrons. The molecule has 5 nitrogen and oxygen atoms in total. The molecule has 0 saturated heterocycles. The molecule has 0 aliphatic carbocycles. The maximum absolute atomic E-state index is 13.7. The molecular weight excluding hydrogens is 343 g/mol. The Hall–Kier alpha value is -2.86. The molecule has 2 aromatic carbocycles. The van der Waals surface area contributed by atoms with Crippen LogP contribution < -0.4 is 15.4 Å². The van der Waals surface area contributed by atoms with Crippen LogP contribution in [0.3, 0.4) is 0 Å². The highest BCUT2D eigenvalue weighted by Gasteiger charge is 2.09. The van der Waals surface area contributed by atoms with Gasteiger partial charge in [0.1, 0.15) is 17.4 Å². The van der Waals surface area contributed by atoms with Crippen molar-refractivity contribution >= 4 is 34.7 Å². The summed E-state index contributed by atoms with van der Waals surface area (Å²) in [5.41, 5.74) is 1.93. The Morgan fingerprint density at radius 2 is 1.88 bits per heavy atom. The highest BCUT2D eigenvalue weighted by Crippen LogP contribution is 2.32. The van der Waals surface area contributed by atoms with Crippen molar-refractivity contribution in [3.05, 3.63) is 65.1 Å². The Labute approximate surface area is 149 Å². The molecule has 0 atom stereocenters. The van der Waals surface area contributed by atoms with Gasteiger partial charge < -0.3 is 15.4 Å². The van der Waals surface area contributed by atoms with Crippen LogP contribution in [0, 0.1) is 12.7 Å². The summed E-state index contributed by atoms with van der Waals surface area (Å²) in [6.07, 6.45) is 1.58. The topological polar surface area (TPSA) is 59.1 Å². The minimum atomic E-state index is -0.376. The third-order valence-corrected chi connectivity index (χ3v) is 3.93. The number of hydrogen-bond donors (Lipinski definition) is 2. The first-order valence-electron chi connectivity index (χ1n) is 7.52. The maximum atomic E-state index is 13.7. The Morgan fingerprint density at radius 3 is 2.64 bits per heavy atom. The second kappa shape index (κ2) is 7.36. The third-order valence-electron chi connectivity index (χ3n) is 3.52. The van der Waals surface area contributed by atoms with Crippen molar-refractivity contribution in [1.82, 2.24) is 9.97 Å². The first-order chi connectivity index (χ1) is 12.1. The number of rotatable bonds is 5. The van der Waals surface area contributed by atoms with Crippen molar-refractivity contribution in [3.63, 3.8) is 0 Å². The SMILES string of the molecule is COc1cc(Cl)c(C)cc1Nc1ccnc(Nc2ccccc2F)n1. The molecule has 0 aliphatic rings. The second-order valence-electron chi connectivity index (χ2n) is 5.30. The van der Waals surface area contributed by atoms with Gasteiger partial charge in [-0.15, -0.1) is 0 Å². The minimum absolute atomic E-state index is 0.278. The molecule has 25 heavy (non-hydrogen) atoms. The van der Waals surface area contributed by atoms with E-state index in [1.165, 1.54) is 6.07 Å². The summed E-state index contributed by atoms with van der Waals surface area (Å²) in [6.45, 7) is 1.90. The molecule has 0 spiro atoms. The van der Waals surface area contributed by atoms with Gasteiger partial charge in [-0.1, -0.05) is 23.7 Å². The fraction of sp³-hybridized carbons (Fsp3) is 0.111. The summed E-state index contributed by atoms with van der Waals surface area (Å²) in [6, 6.07) is 11.6. The predicted molar refractivity (Wildman–Crippen MR) is 97.7 cm³/mol. The number of nitrogens with zero attached hydrogens (tertiary/aromatic N) is 2. The summed E-state index contributed by atoms with van der Waals surface area (Å²) < 4.78 is 19.1. The van der Waals surface area contributed by atoms with E-state index in [1.54, 1.807) is 43.6 Å². The lowest BCUT2D eigenvalue weighted by atomic mass is 10.2. The Morgan fingerprint density at radius 1 is 1.08 bits per heavy atom. The molecule has 0 aliphatic heterocycles. The van der Waals surface area contributed by atoms with E-state index in [9.17, 15) is 4.39 Å². The lowest BCUT2D eigenvalue weighted by Crippen LogP contribution is -2.02. The van der Waals surface area contributed by atoms with Crippen LogP contribution in [0.5, 0.6) is 5.75 Å². The van der Waals surface area contributed by atoms with Gasteiger partial charge in [-0.2, -0.15) is 4.98 Å². The molecule has 3 rings (SSSR count). The van der Waals surface area contributed by atoms with E-state index in [0.717, 1.165) is 11.3 Å². The van der Waals surface area contributed by atoms with E-state index >= 15 is 0 Å². The number of benzene rings is 2. The lowest BCUT2D eigenvalue weighted by Gasteiger charge is -2.13. The van der Waals surface area contributed by atoms with Crippen LogP contribution in [0.15, 0.2) is 48.7 Å². The number of hydrogen-bond acceptors (Lipinski definition) is 5. The lowest BCUT2D eigenvalue weighted by molar-refractivity contribution is 0.416. The molecule has 0 amide bonds. The van der Waals surface area contributed by atoms with E-state index < -0.39 is 0 Å². The van der Waals surface area contributed by atoms with Crippen molar-refractivity contribution in [2.24, 2.45) is 0 Å². The molecule has 0 fully saturated rings. The van der Waals surface area contributed by atoms with Gasteiger partial charge >= 0.3 is 0 Å². The van der Waals surface area contributed by atoms with Crippen molar-refractivity contribution < 1.29 is 9.13 Å². The van der Waals surface area contributed by atoms with Crippen LogP contribution >= 0.6 is 11.6 Å². The Bertz CT molecular complexity index is 904. The van der Waals surface area contributed by atoms with E-state index in [1.807, 2.05) is 13.0 Å². The fourth-order valence-corrected chi connectivity index (χ4v) is 2.39. The van der Waals surface area contributed by atoms with Gasteiger partial charge in [0.05, 0.1) is 18.5 Å². The highest BCUT2D eigenvalue weighted by atomic mass is 35.5. The zero-order valence-electron chi connectivity index (χ0n) is 13.7. The quantitative estimate of drug-likeness (QED) is 0.666. The molecule has 0 bridgehead atoms. The monoisotopic (exact) mass is 358 g/mol. The van der Waals surface area contributed by atoms with E-state index in [4.69, 9.17) is 16.3 Å². The van der Waals surface area contributed by atoms with Crippen LogP contribution in [-0.2, 0) is 0 Å². The van der Waals surface area contributed by atoms with Gasteiger partial charge in [0.25, 0.3) is 0 Å². The average molecular weight is 359 g/mol. The van der Waals surface area contributed by atoms with Gasteiger partial charge in [-0.3, -0.25) is 0 Å². The van der Waals surface area contributed by atoms with Crippen LogP contribution in [0.2, 0.25) is 5.02 Å². The van der Waals surface area contributed by atoms with Crippen molar-refractivity contribution in [2.75, 3.05) is 17.7 Å². The molecule has 1 aromatic heterocycles. The van der Waals surface area contributed by atoms with Crippen LogP contribution in [-0.4, -0.2) is 17.1 Å². The third kappa shape index (κ3) is 3.97. The van der Waals surface area contributed by atoms with E-state index in [2.05, 4.69) is 20.6 Å². The zero-order valence-corrected chi connectivity index (χ0v) is 14.4. The number of aromatic nitrogens is 2. The smallest absolute Gasteiger partial charge is 0.229 e. The number of nitrogens with one attached hydrogen (secondary N) is 2. The van der Waals surface area contributed by atoms with E-state index in [0.29, 0.717) is 22.3 Å². The summed E-state index contributed by atoms with van der Waals surface area (Å²) in [7, 11) is 1.57. The molecule has 7 heteroatoms.